The third-order valence-electron chi connectivity index (χ3n) is 4.94. The Bertz CT molecular complexity index is 794. The molecule has 0 bridgehead atoms. The van der Waals surface area contributed by atoms with Gasteiger partial charge in [-0.25, -0.2) is 4.79 Å². The molecule has 2 unspecified atom stereocenters. The molecule has 1 fully saturated rings. The van der Waals surface area contributed by atoms with Crippen molar-refractivity contribution in [2.45, 2.75) is 24.8 Å². The summed E-state index contributed by atoms with van der Waals surface area (Å²) in [6.45, 7) is 0.728. The van der Waals surface area contributed by atoms with Gasteiger partial charge in [0.05, 0.1) is 19.6 Å². The van der Waals surface area contributed by atoms with Crippen molar-refractivity contribution in [3.8, 4) is 5.75 Å². The molecular weight excluding hydrogens is 344 g/mol. The lowest BCUT2D eigenvalue weighted by atomic mass is 9.87. The van der Waals surface area contributed by atoms with E-state index in [0.717, 1.165) is 17.7 Å². The molecule has 27 heavy (non-hydrogen) atoms. The van der Waals surface area contributed by atoms with Crippen LogP contribution < -0.4 is 10.1 Å². The van der Waals surface area contributed by atoms with Gasteiger partial charge in [0.2, 0.25) is 0 Å². The van der Waals surface area contributed by atoms with Gasteiger partial charge in [-0.3, -0.25) is 4.79 Å². The minimum Gasteiger partial charge on any atom is -0.497 e. The van der Waals surface area contributed by atoms with Crippen LogP contribution in [0.25, 0.3) is 0 Å². The summed E-state index contributed by atoms with van der Waals surface area (Å²) in [4.78, 5) is 25.2. The maximum Gasteiger partial charge on any atom is 0.317 e. The number of benzene rings is 2. The van der Waals surface area contributed by atoms with E-state index in [2.05, 4.69) is 17.4 Å². The molecule has 2 amide bonds. The van der Waals surface area contributed by atoms with Crippen molar-refractivity contribution in [1.29, 1.82) is 0 Å². The lowest BCUT2D eigenvalue weighted by Crippen LogP contribution is -2.40. The standard InChI is InChI=1S/C21H24N2O4/c1-27-17-9-5-8-16(14-17)20-18(15-6-3-2-4-7-15)11-13-23(20)21(26)22-12-10-19(24)25/h2-9,14,18,20H,10-13H2,1H3,(H,22,26)(H,24,25). The number of carboxylic acid groups (broad SMARTS) is 1. The number of nitrogens with one attached hydrogen (secondary N) is 1. The number of urea groups is 1. The van der Waals surface area contributed by atoms with Gasteiger partial charge in [0.25, 0.3) is 0 Å². The predicted octanol–water partition coefficient (Wildman–Crippen LogP) is 3.41. The highest BCUT2D eigenvalue weighted by Gasteiger charge is 2.39. The number of likely N-dealkylation sites (tertiary alicyclic amines) is 1. The first-order valence-corrected chi connectivity index (χ1v) is 9.05. The van der Waals surface area contributed by atoms with E-state index in [0.29, 0.717) is 6.54 Å². The number of carbonyl (C=O) groups excluding carboxylic acids is 1. The van der Waals surface area contributed by atoms with Crippen molar-refractivity contribution in [2.75, 3.05) is 20.2 Å². The summed E-state index contributed by atoms with van der Waals surface area (Å²) in [7, 11) is 1.62. The van der Waals surface area contributed by atoms with E-state index >= 15 is 0 Å². The van der Waals surface area contributed by atoms with Gasteiger partial charge in [0.1, 0.15) is 5.75 Å². The van der Waals surface area contributed by atoms with Gasteiger partial charge in [-0.2, -0.15) is 0 Å². The van der Waals surface area contributed by atoms with Gasteiger partial charge in [-0.05, 0) is 29.7 Å². The summed E-state index contributed by atoms with van der Waals surface area (Å²) in [5.41, 5.74) is 2.19. The van der Waals surface area contributed by atoms with E-state index in [1.54, 1.807) is 12.0 Å². The lowest BCUT2D eigenvalue weighted by Gasteiger charge is -2.29. The van der Waals surface area contributed by atoms with E-state index in [1.165, 1.54) is 5.56 Å². The highest BCUT2D eigenvalue weighted by molar-refractivity contribution is 5.76. The Morgan fingerprint density at radius 1 is 1.15 bits per heavy atom. The zero-order valence-corrected chi connectivity index (χ0v) is 15.3. The Labute approximate surface area is 158 Å². The smallest absolute Gasteiger partial charge is 0.317 e. The first-order valence-electron chi connectivity index (χ1n) is 9.05. The molecule has 6 nitrogen and oxygen atoms in total. The quantitative estimate of drug-likeness (QED) is 0.819. The van der Waals surface area contributed by atoms with E-state index in [1.807, 2.05) is 42.5 Å². The monoisotopic (exact) mass is 368 g/mol. The van der Waals surface area contributed by atoms with Gasteiger partial charge >= 0.3 is 12.0 Å². The second kappa shape index (κ2) is 8.58. The van der Waals surface area contributed by atoms with Crippen LogP contribution in [-0.4, -0.2) is 42.2 Å². The Hall–Kier alpha value is -3.02. The Morgan fingerprint density at radius 2 is 1.89 bits per heavy atom. The third-order valence-corrected chi connectivity index (χ3v) is 4.94. The van der Waals surface area contributed by atoms with Crippen molar-refractivity contribution >= 4 is 12.0 Å². The average molecular weight is 368 g/mol. The van der Waals surface area contributed by atoms with Crippen molar-refractivity contribution in [3.63, 3.8) is 0 Å². The molecule has 1 heterocycles. The SMILES string of the molecule is COc1cccc(C2C(c3ccccc3)CCN2C(=O)NCCC(=O)O)c1. The summed E-state index contributed by atoms with van der Waals surface area (Å²) >= 11 is 0. The van der Waals surface area contributed by atoms with Crippen LogP contribution in [-0.2, 0) is 4.79 Å². The van der Waals surface area contributed by atoms with Gasteiger partial charge in [-0.1, -0.05) is 42.5 Å². The van der Waals surface area contributed by atoms with Gasteiger partial charge < -0.3 is 20.1 Å². The number of rotatable bonds is 6. The second-order valence-corrected chi connectivity index (χ2v) is 6.60. The minimum atomic E-state index is -0.928. The Balaban J connectivity index is 1.88. The highest BCUT2D eigenvalue weighted by Crippen LogP contribution is 2.44. The molecule has 3 rings (SSSR count). The first-order chi connectivity index (χ1) is 13.1. The molecule has 0 aliphatic carbocycles. The number of hydrogen-bond donors (Lipinski definition) is 2. The highest BCUT2D eigenvalue weighted by atomic mass is 16.5. The summed E-state index contributed by atoms with van der Waals surface area (Å²) < 4.78 is 5.36. The molecule has 2 aromatic rings. The molecule has 0 radical (unpaired) electrons. The molecular formula is C21H24N2O4. The van der Waals surface area contributed by atoms with Gasteiger partial charge in [0.15, 0.2) is 0 Å². The number of methoxy groups -OCH3 is 1. The number of aliphatic carboxylic acids is 1. The Morgan fingerprint density at radius 3 is 2.59 bits per heavy atom. The average Bonchev–Trinajstić information content (AvgIpc) is 3.13. The predicted molar refractivity (Wildman–Crippen MR) is 102 cm³/mol. The molecule has 0 saturated carbocycles. The van der Waals surface area contributed by atoms with E-state index in [-0.39, 0.29) is 31.0 Å². The summed E-state index contributed by atoms with van der Waals surface area (Å²) in [5.74, 6) is -0.00999. The van der Waals surface area contributed by atoms with Gasteiger partial charge in [-0.15, -0.1) is 0 Å². The molecule has 0 spiro atoms. The lowest BCUT2D eigenvalue weighted by molar-refractivity contribution is -0.136. The van der Waals surface area contributed by atoms with E-state index in [9.17, 15) is 9.59 Å². The van der Waals surface area contributed by atoms with Crippen LogP contribution in [0.5, 0.6) is 5.75 Å². The molecule has 0 aromatic heterocycles. The van der Waals surface area contributed by atoms with E-state index < -0.39 is 5.97 Å². The summed E-state index contributed by atoms with van der Waals surface area (Å²) in [6.07, 6.45) is 0.754. The number of ether oxygens (including phenoxy) is 1. The zero-order chi connectivity index (χ0) is 19.2. The fraction of sp³-hybridized carbons (Fsp3) is 0.333. The number of nitrogens with zero attached hydrogens (tertiary/aromatic N) is 1. The molecule has 1 aliphatic heterocycles. The molecule has 1 saturated heterocycles. The van der Waals surface area contributed by atoms with Crippen molar-refractivity contribution < 1.29 is 19.4 Å². The topological polar surface area (TPSA) is 78.9 Å². The largest absolute Gasteiger partial charge is 0.497 e. The van der Waals surface area contributed by atoms with Crippen LogP contribution >= 0.6 is 0 Å². The summed E-state index contributed by atoms with van der Waals surface area (Å²) in [5, 5.41) is 11.5. The maximum atomic E-state index is 12.7. The molecule has 2 N–H and O–H groups in total. The van der Waals surface area contributed by atoms with Crippen LogP contribution in [0.3, 0.4) is 0 Å². The maximum absolute atomic E-state index is 12.7. The fourth-order valence-corrected chi connectivity index (χ4v) is 3.69. The third kappa shape index (κ3) is 4.39. The zero-order valence-electron chi connectivity index (χ0n) is 15.3. The van der Waals surface area contributed by atoms with Crippen LogP contribution in [0.1, 0.15) is 35.9 Å². The second-order valence-electron chi connectivity index (χ2n) is 6.60. The molecule has 1 aliphatic rings. The Kier molecular flexibility index (Phi) is 5.96. The van der Waals surface area contributed by atoms with Crippen molar-refractivity contribution in [1.82, 2.24) is 10.2 Å². The number of amides is 2. The van der Waals surface area contributed by atoms with Crippen LogP contribution in [0.4, 0.5) is 4.79 Å². The molecule has 6 heteroatoms. The molecule has 2 atom stereocenters. The summed E-state index contributed by atoms with van der Waals surface area (Å²) in [6, 6.07) is 17.6. The van der Waals surface area contributed by atoms with Crippen molar-refractivity contribution in [2.24, 2.45) is 0 Å². The van der Waals surface area contributed by atoms with Crippen molar-refractivity contribution in [3.05, 3.63) is 65.7 Å². The van der Waals surface area contributed by atoms with Gasteiger partial charge in [0, 0.05) is 19.0 Å². The van der Waals surface area contributed by atoms with E-state index in [4.69, 9.17) is 9.84 Å². The first kappa shape index (κ1) is 18.8. The molecule has 2 aromatic carbocycles. The van der Waals surface area contributed by atoms with Crippen LogP contribution in [0.2, 0.25) is 0 Å². The fourth-order valence-electron chi connectivity index (χ4n) is 3.69. The van der Waals surface area contributed by atoms with Crippen LogP contribution in [0, 0.1) is 0 Å². The number of carbonyl (C=O) groups is 2. The minimum absolute atomic E-state index is 0.0917. The molecule has 142 valence electrons. The van der Waals surface area contributed by atoms with Crippen LogP contribution in [0.15, 0.2) is 54.6 Å². The normalized spacial score (nSPS) is 18.9. The number of hydrogen-bond acceptors (Lipinski definition) is 3. The number of carboxylic acids is 1.